The van der Waals surface area contributed by atoms with Gasteiger partial charge in [0.05, 0.1) is 6.10 Å². The number of nitrogens with zero attached hydrogens (tertiary/aromatic N) is 1. The number of aliphatic hydroxyl groups excluding tert-OH is 1. The number of aliphatic hydroxyl groups is 1. The maximum atomic E-state index is 9.33. The quantitative estimate of drug-likeness (QED) is 0.768. The number of nitrogens with one attached hydrogen (secondary N) is 1. The van der Waals surface area contributed by atoms with E-state index in [2.05, 4.69) is 17.2 Å². The molecule has 0 amide bonds. The summed E-state index contributed by atoms with van der Waals surface area (Å²) in [6, 6.07) is 3.99. The van der Waals surface area contributed by atoms with Crippen LogP contribution in [0.4, 0.5) is 5.69 Å². The van der Waals surface area contributed by atoms with Crippen molar-refractivity contribution in [2.24, 2.45) is 0 Å². The summed E-state index contributed by atoms with van der Waals surface area (Å²) in [5.41, 5.74) is 2.08. The molecule has 0 bridgehead atoms. The molecular weight excluding hydrogens is 176 g/mol. The molecule has 14 heavy (non-hydrogen) atoms. The van der Waals surface area contributed by atoms with Crippen molar-refractivity contribution in [2.75, 3.05) is 5.32 Å². The Morgan fingerprint density at radius 3 is 2.79 bits per heavy atom. The maximum Gasteiger partial charge on any atom is 0.0710 e. The third kappa shape index (κ3) is 3.00. The number of hydrogen-bond acceptors (Lipinski definition) is 3. The van der Waals surface area contributed by atoms with Crippen LogP contribution < -0.4 is 5.32 Å². The van der Waals surface area contributed by atoms with Crippen molar-refractivity contribution < 1.29 is 5.11 Å². The Morgan fingerprint density at radius 2 is 2.21 bits per heavy atom. The van der Waals surface area contributed by atoms with E-state index >= 15 is 0 Å². The molecule has 0 radical (unpaired) electrons. The molecular formula is C11H18N2O. The van der Waals surface area contributed by atoms with E-state index < -0.39 is 0 Å². The Balaban J connectivity index is 2.66. The van der Waals surface area contributed by atoms with E-state index in [1.54, 1.807) is 13.1 Å². The summed E-state index contributed by atoms with van der Waals surface area (Å²) in [4.78, 5) is 4.21. The van der Waals surface area contributed by atoms with Gasteiger partial charge in [-0.15, -0.1) is 0 Å². The molecule has 0 aliphatic carbocycles. The Hall–Kier alpha value is -1.09. The molecule has 2 N–H and O–H groups in total. The lowest BCUT2D eigenvalue weighted by molar-refractivity contribution is 0.178. The van der Waals surface area contributed by atoms with Crippen molar-refractivity contribution in [3.63, 3.8) is 0 Å². The zero-order chi connectivity index (χ0) is 10.6. The number of anilines is 1. The number of rotatable bonds is 4. The molecule has 1 aromatic heterocycles. The molecule has 1 heterocycles. The Kier molecular flexibility index (Phi) is 3.89. The summed E-state index contributed by atoms with van der Waals surface area (Å²) in [6.07, 6.45) is 2.36. The average Bonchev–Trinajstić information content (AvgIpc) is 2.18. The van der Waals surface area contributed by atoms with Gasteiger partial charge in [0.25, 0.3) is 0 Å². The lowest BCUT2D eigenvalue weighted by Gasteiger charge is -2.17. The highest BCUT2D eigenvalue weighted by Gasteiger charge is 2.07. The minimum Gasteiger partial charge on any atom is -0.391 e. The SMILES string of the molecule is CCc1cc(NC(C)C(C)O)ccn1. The Labute approximate surface area is 85.2 Å². The fourth-order valence-electron chi connectivity index (χ4n) is 1.14. The standard InChI is InChI=1S/C11H18N2O/c1-4-10-7-11(5-6-12-10)13-8(2)9(3)14/h5-9,14H,4H2,1-3H3,(H,12,13). The smallest absolute Gasteiger partial charge is 0.0710 e. The molecule has 0 saturated heterocycles. The largest absolute Gasteiger partial charge is 0.391 e. The molecule has 78 valence electrons. The van der Waals surface area contributed by atoms with Crippen LogP contribution in [0.3, 0.4) is 0 Å². The Bertz CT molecular complexity index is 286. The van der Waals surface area contributed by atoms with Crippen LogP contribution in [0.5, 0.6) is 0 Å². The van der Waals surface area contributed by atoms with Crippen LogP contribution in [0.15, 0.2) is 18.3 Å². The topological polar surface area (TPSA) is 45.1 Å². The summed E-state index contributed by atoms with van der Waals surface area (Å²) in [5, 5.41) is 12.6. The van der Waals surface area contributed by atoms with Gasteiger partial charge in [0, 0.05) is 23.6 Å². The van der Waals surface area contributed by atoms with Crippen LogP contribution in [0.25, 0.3) is 0 Å². The number of pyridine rings is 1. The van der Waals surface area contributed by atoms with Gasteiger partial charge in [-0.3, -0.25) is 4.98 Å². The van der Waals surface area contributed by atoms with E-state index in [0.29, 0.717) is 0 Å². The number of aryl methyl sites for hydroxylation is 1. The molecule has 0 fully saturated rings. The highest BCUT2D eigenvalue weighted by molar-refractivity contribution is 5.44. The molecule has 0 saturated carbocycles. The predicted octanol–water partition coefficient (Wildman–Crippen LogP) is 1.83. The van der Waals surface area contributed by atoms with E-state index in [0.717, 1.165) is 17.8 Å². The molecule has 1 rings (SSSR count). The van der Waals surface area contributed by atoms with Gasteiger partial charge in [0.2, 0.25) is 0 Å². The molecule has 3 heteroatoms. The zero-order valence-electron chi connectivity index (χ0n) is 8.99. The minimum atomic E-state index is -0.353. The number of aromatic nitrogens is 1. The first-order valence-electron chi connectivity index (χ1n) is 5.03. The van der Waals surface area contributed by atoms with Gasteiger partial charge in [-0.25, -0.2) is 0 Å². The fourth-order valence-corrected chi connectivity index (χ4v) is 1.14. The minimum absolute atomic E-state index is 0.0575. The summed E-state index contributed by atoms with van der Waals surface area (Å²) in [6.45, 7) is 5.81. The van der Waals surface area contributed by atoms with Crippen LogP contribution in [-0.2, 0) is 6.42 Å². The van der Waals surface area contributed by atoms with Gasteiger partial charge in [-0.1, -0.05) is 6.92 Å². The first-order valence-corrected chi connectivity index (χ1v) is 5.03. The third-order valence-corrected chi connectivity index (χ3v) is 2.30. The van der Waals surface area contributed by atoms with Crippen LogP contribution >= 0.6 is 0 Å². The summed E-state index contributed by atoms with van der Waals surface area (Å²) in [5.74, 6) is 0. The van der Waals surface area contributed by atoms with E-state index in [-0.39, 0.29) is 12.1 Å². The Morgan fingerprint density at radius 1 is 1.50 bits per heavy atom. The van der Waals surface area contributed by atoms with Crippen molar-refractivity contribution in [3.8, 4) is 0 Å². The van der Waals surface area contributed by atoms with Gasteiger partial charge >= 0.3 is 0 Å². The van der Waals surface area contributed by atoms with Gasteiger partial charge in [-0.05, 0) is 32.4 Å². The third-order valence-electron chi connectivity index (χ3n) is 2.30. The second-order valence-corrected chi connectivity index (χ2v) is 3.56. The summed E-state index contributed by atoms with van der Waals surface area (Å²) < 4.78 is 0. The van der Waals surface area contributed by atoms with Crippen LogP contribution in [0.2, 0.25) is 0 Å². The summed E-state index contributed by atoms with van der Waals surface area (Å²) >= 11 is 0. The first-order chi connectivity index (χ1) is 6.63. The highest BCUT2D eigenvalue weighted by atomic mass is 16.3. The van der Waals surface area contributed by atoms with E-state index in [1.165, 1.54) is 0 Å². The molecule has 1 aromatic rings. The van der Waals surface area contributed by atoms with E-state index in [4.69, 9.17) is 0 Å². The molecule has 0 aliphatic heterocycles. The van der Waals surface area contributed by atoms with Crippen LogP contribution in [-0.4, -0.2) is 22.2 Å². The molecule has 0 spiro atoms. The summed E-state index contributed by atoms with van der Waals surface area (Å²) in [7, 11) is 0. The zero-order valence-corrected chi connectivity index (χ0v) is 8.99. The van der Waals surface area contributed by atoms with Gasteiger partial charge < -0.3 is 10.4 Å². The first kappa shape index (κ1) is 11.0. The highest BCUT2D eigenvalue weighted by Crippen LogP contribution is 2.10. The molecule has 0 aromatic carbocycles. The van der Waals surface area contributed by atoms with Gasteiger partial charge in [0.1, 0.15) is 0 Å². The van der Waals surface area contributed by atoms with E-state index in [9.17, 15) is 5.11 Å². The molecule has 0 aliphatic rings. The monoisotopic (exact) mass is 194 g/mol. The normalized spacial score (nSPS) is 14.9. The van der Waals surface area contributed by atoms with Crippen molar-refractivity contribution in [3.05, 3.63) is 24.0 Å². The lowest BCUT2D eigenvalue weighted by Crippen LogP contribution is -2.27. The second kappa shape index (κ2) is 4.96. The van der Waals surface area contributed by atoms with Gasteiger partial charge in [-0.2, -0.15) is 0 Å². The lowest BCUT2D eigenvalue weighted by atomic mass is 10.2. The van der Waals surface area contributed by atoms with Gasteiger partial charge in [0.15, 0.2) is 0 Å². The predicted molar refractivity (Wildman–Crippen MR) is 58.4 cm³/mol. The fraction of sp³-hybridized carbons (Fsp3) is 0.545. The molecule has 2 unspecified atom stereocenters. The van der Waals surface area contributed by atoms with Crippen LogP contribution in [0, 0.1) is 0 Å². The average molecular weight is 194 g/mol. The van der Waals surface area contributed by atoms with Crippen molar-refractivity contribution in [1.29, 1.82) is 0 Å². The van der Waals surface area contributed by atoms with Crippen molar-refractivity contribution in [1.82, 2.24) is 4.98 Å². The maximum absolute atomic E-state index is 9.33. The second-order valence-electron chi connectivity index (χ2n) is 3.56. The number of hydrogen-bond donors (Lipinski definition) is 2. The van der Waals surface area contributed by atoms with Crippen LogP contribution in [0.1, 0.15) is 26.5 Å². The molecule has 3 nitrogen and oxygen atoms in total. The van der Waals surface area contributed by atoms with Crippen molar-refractivity contribution in [2.45, 2.75) is 39.3 Å². The van der Waals surface area contributed by atoms with Crippen molar-refractivity contribution >= 4 is 5.69 Å². The van der Waals surface area contributed by atoms with E-state index in [1.807, 2.05) is 19.1 Å². The molecule has 2 atom stereocenters.